The molecule has 0 atom stereocenters. The van der Waals surface area contributed by atoms with Crippen molar-refractivity contribution in [2.45, 2.75) is 39.0 Å². The van der Waals surface area contributed by atoms with Gasteiger partial charge in [0.2, 0.25) is 11.8 Å². The molecule has 0 radical (unpaired) electrons. The van der Waals surface area contributed by atoms with Crippen molar-refractivity contribution >= 4 is 11.9 Å². The van der Waals surface area contributed by atoms with E-state index in [4.69, 9.17) is 9.52 Å². The highest BCUT2D eigenvalue weighted by Gasteiger charge is 2.07. The van der Waals surface area contributed by atoms with E-state index in [1.807, 2.05) is 31.2 Å². The van der Waals surface area contributed by atoms with Crippen molar-refractivity contribution in [1.29, 1.82) is 0 Å². The molecule has 0 fully saturated rings. The number of nitrogens with one attached hydrogen (secondary N) is 1. The molecule has 0 saturated heterocycles. The molecule has 0 spiro atoms. The van der Waals surface area contributed by atoms with E-state index in [1.165, 1.54) is 5.56 Å². The summed E-state index contributed by atoms with van der Waals surface area (Å²) in [5.41, 5.74) is 2.89. The van der Waals surface area contributed by atoms with Crippen molar-refractivity contribution in [1.82, 2.24) is 10.3 Å². The third-order valence-corrected chi connectivity index (χ3v) is 3.60. The Morgan fingerprint density at radius 2 is 1.88 bits per heavy atom. The Bertz CT molecular complexity index is 677. The molecule has 6 heteroatoms. The molecule has 2 N–H and O–H groups in total. The van der Waals surface area contributed by atoms with Crippen LogP contribution in [0.25, 0.3) is 11.5 Å². The van der Waals surface area contributed by atoms with Gasteiger partial charge in [-0.15, -0.1) is 0 Å². The van der Waals surface area contributed by atoms with Crippen LogP contribution in [0.2, 0.25) is 0 Å². The summed E-state index contributed by atoms with van der Waals surface area (Å²) in [6.07, 6.45) is 3.75. The summed E-state index contributed by atoms with van der Waals surface area (Å²) < 4.78 is 5.47. The quantitative estimate of drug-likeness (QED) is 0.690. The Balaban J connectivity index is 1.70. The molecule has 2 aromatic rings. The van der Waals surface area contributed by atoms with Gasteiger partial charge in [0, 0.05) is 31.4 Å². The van der Waals surface area contributed by atoms with Gasteiger partial charge in [-0.25, -0.2) is 4.98 Å². The molecule has 0 aliphatic heterocycles. The normalized spacial score (nSPS) is 10.5. The smallest absolute Gasteiger partial charge is 0.303 e. The molecule has 1 amide bonds. The first kappa shape index (κ1) is 17.7. The molecule has 1 aromatic heterocycles. The van der Waals surface area contributed by atoms with Gasteiger partial charge in [-0.3, -0.25) is 9.59 Å². The first-order chi connectivity index (χ1) is 11.5. The average molecular weight is 330 g/mol. The Morgan fingerprint density at radius 1 is 1.17 bits per heavy atom. The number of amides is 1. The van der Waals surface area contributed by atoms with Crippen molar-refractivity contribution in [3.63, 3.8) is 0 Å². The molecule has 1 heterocycles. The highest BCUT2D eigenvalue weighted by molar-refractivity contribution is 5.75. The lowest BCUT2D eigenvalue weighted by atomic mass is 10.1. The summed E-state index contributed by atoms with van der Waals surface area (Å²) >= 11 is 0. The van der Waals surface area contributed by atoms with E-state index in [0.29, 0.717) is 38.1 Å². The zero-order chi connectivity index (χ0) is 17.4. The van der Waals surface area contributed by atoms with E-state index in [9.17, 15) is 9.59 Å². The van der Waals surface area contributed by atoms with Crippen LogP contribution in [0.4, 0.5) is 0 Å². The molecule has 6 nitrogen and oxygen atoms in total. The van der Waals surface area contributed by atoms with Gasteiger partial charge in [0.15, 0.2) is 0 Å². The Morgan fingerprint density at radius 3 is 2.58 bits per heavy atom. The first-order valence-corrected chi connectivity index (χ1v) is 8.04. The van der Waals surface area contributed by atoms with Crippen molar-refractivity contribution in [3.05, 3.63) is 41.8 Å². The Labute approximate surface area is 140 Å². The predicted octanol–water partition coefficient (Wildman–Crippen LogP) is 2.95. The molecule has 0 unspecified atom stereocenters. The van der Waals surface area contributed by atoms with Crippen LogP contribution in [-0.4, -0.2) is 28.5 Å². The van der Waals surface area contributed by atoms with Crippen LogP contribution in [0.3, 0.4) is 0 Å². The van der Waals surface area contributed by atoms with Crippen molar-refractivity contribution in [2.75, 3.05) is 6.54 Å². The van der Waals surface area contributed by atoms with Gasteiger partial charge < -0.3 is 14.8 Å². The number of aliphatic carboxylic acids is 1. The molecule has 0 saturated carbocycles. The maximum absolute atomic E-state index is 11.6. The lowest BCUT2D eigenvalue weighted by Gasteiger charge is -2.03. The number of nitrogens with zero attached hydrogens (tertiary/aromatic N) is 1. The van der Waals surface area contributed by atoms with Crippen LogP contribution < -0.4 is 5.32 Å². The third-order valence-electron chi connectivity index (χ3n) is 3.60. The van der Waals surface area contributed by atoms with Gasteiger partial charge in [0.25, 0.3) is 0 Å². The van der Waals surface area contributed by atoms with Crippen molar-refractivity contribution < 1.29 is 19.1 Å². The number of hydrogen-bond acceptors (Lipinski definition) is 4. The summed E-state index contributed by atoms with van der Waals surface area (Å²) in [5, 5.41) is 11.3. The van der Waals surface area contributed by atoms with Crippen LogP contribution in [0.15, 0.2) is 34.9 Å². The fourth-order valence-electron chi connectivity index (χ4n) is 2.23. The van der Waals surface area contributed by atoms with Crippen molar-refractivity contribution in [2.24, 2.45) is 0 Å². The van der Waals surface area contributed by atoms with Crippen molar-refractivity contribution in [3.8, 4) is 11.5 Å². The number of hydrogen-bond donors (Lipinski definition) is 2. The molecule has 24 heavy (non-hydrogen) atoms. The Kier molecular flexibility index (Phi) is 6.54. The first-order valence-electron chi connectivity index (χ1n) is 8.04. The summed E-state index contributed by atoms with van der Waals surface area (Å²) in [7, 11) is 0. The van der Waals surface area contributed by atoms with Crippen LogP contribution in [-0.2, 0) is 16.0 Å². The van der Waals surface area contributed by atoms with E-state index in [1.54, 1.807) is 6.26 Å². The van der Waals surface area contributed by atoms with E-state index < -0.39 is 5.97 Å². The SMILES string of the molecule is Cc1ccc(-c2nc(CCNC(=O)CCCCC(=O)O)co2)cc1. The summed E-state index contributed by atoms with van der Waals surface area (Å²) in [5.74, 6) is -0.321. The van der Waals surface area contributed by atoms with Crippen LogP contribution >= 0.6 is 0 Å². The fourth-order valence-corrected chi connectivity index (χ4v) is 2.23. The molecular formula is C18H22N2O4. The van der Waals surface area contributed by atoms with Gasteiger partial charge in [-0.1, -0.05) is 17.7 Å². The summed E-state index contributed by atoms with van der Waals surface area (Å²) in [6.45, 7) is 2.51. The summed E-state index contributed by atoms with van der Waals surface area (Å²) in [6, 6.07) is 7.93. The Hall–Kier alpha value is -2.63. The molecule has 128 valence electrons. The highest BCUT2D eigenvalue weighted by atomic mass is 16.4. The average Bonchev–Trinajstić information content (AvgIpc) is 3.01. The fraction of sp³-hybridized carbons (Fsp3) is 0.389. The number of aromatic nitrogens is 1. The second kappa shape index (κ2) is 8.86. The van der Waals surface area contributed by atoms with E-state index >= 15 is 0 Å². The number of carboxylic acids is 1. The summed E-state index contributed by atoms with van der Waals surface area (Å²) in [4.78, 5) is 26.4. The molecule has 1 aromatic carbocycles. The monoisotopic (exact) mass is 330 g/mol. The van der Waals surface area contributed by atoms with Crippen LogP contribution in [0, 0.1) is 6.92 Å². The second-order valence-corrected chi connectivity index (χ2v) is 5.71. The minimum atomic E-state index is -0.828. The molecule has 0 aliphatic rings. The zero-order valence-corrected chi connectivity index (χ0v) is 13.7. The standard InChI is InChI=1S/C18H22N2O4/c1-13-6-8-14(9-7-13)18-20-15(12-24-18)10-11-19-16(21)4-2-3-5-17(22)23/h6-9,12H,2-5,10-11H2,1H3,(H,19,21)(H,22,23). The topological polar surface area (TPSA) is 92.4 Å². The van der Waals surface area contributed by atoms with Gasteiger partial charge >= 0.3 is 5.97 Å². The number of carboxylic acid groups (broad SMARTS) is 1. The number of aryl methyl sites for hydroxylation is 1. The maximum atomic E-state index is 11.6. The number of benzene rings is 1. The highest BCUT2D eigenvalue weighted by Crippen LogP contribution is 2.19. The number of carbonyl (C=O) groups excluding carboxylic acids is 1. The molecule has 0 bridgehead atoms. The van der Waals surface area contributed by atoms with Gasteiger partial charge in [0.1, 0.15) is 6.26 Å². The van der Waals surface area contributed by atoms with Crippen LogP contribution in [0.1, 0.15) is 36.9 Å². The van der Waals surface area contributed by atoms with Crippen LogP contribution in [0.5, 0.6) is 0 Å². The number of oxazole rings is 1. The van der Waals surface area contributed by atoms with Gasteiger partial charge in [-0.05, 0) is 31.9 Å². The van der Waals surface area contributed by atoms with E-state index in [2.05, 4.69) is 10.3 Å². The zero-order valence-electron chi connectivity index (χ0n) is 13.7. The minimum absolute atomic E-state index is 0.0670. The third kappa shape index (κ3) is 5.87. The maximum Gasteiger partial charge on any atom is 0.303 e. The lowest BCUT2D eigenvalue weighted by molar-refractivity contribution is -0.137. The lowest BCUT2D eigenvalue weighted by Crippen LogP contribution is -2.25. The second-order valence-electron chi connectivity index (χ2n) is 5.71. The molecular weight excluding hydrogens is 308 g/mol. The number of carbonyl (C=O) groups is 2. The molecule has 2 rings (SSSR count). The minimum Gasteiger partial charge on any atom is -0.481 e. The largest absolute Gasteiger partial charge is 0.481 e. The predicted molar refractivity (Wildman–Crippen MR) is 89.5 cm³/mol. The van der Waals surface area contributed by atoms with Gasteiger partial charge in [0.05, 0.1) is 5.69 Å². The number of rotatable bonds is 9. The number of unbranched alkanes of at least 4 members (excludes halogenated alkanes) is 1. The van der Waals surface area contributed by atoms with E-state index in [0.717, 1.165) is 11.3 Å². The van der Waals surface area contributed by atoms with Gasteiger partial charge in [-0.2, -0.15) is 0 Å². The van der Waals surface area contributed by atoms with E-state index in [-0.39, 0.29) is 12.3 Å². The molecule has 0 aliphatic carbocycles.